The fourth-order valence-corrected chi connectivity index (χ4v) is 3.17. The zero-order valence-electron chi connectivity index (χ0n) is 16.2. The van der Waals surface area contributed by atoms with Crippen molar-refractivity contribution in [3.8, 4) is 17.2 Å². The highest BCUT2D eigenvalue weighted by atomic mass is 16.5. The Balaban J connectivity index is 1.43. The average Bonchev–Trinajstić information content (AvgIpc) is 2.95. The summed E-state index contributed by atoms with van der Waals surface area (Å²) in [6.45, 7) is 7.56. The number of para-hydroxylation sites is 1. The maximum Gasteiger partial charge on any atom is 0.224 e. The SMILES string of the molecule is CCOc1ccc(CC(=O)NCCOc2cccc3c2OC(C)(C)C3)cc1. The summed E-state index contributed by atoms with van der Waals surface area (Å²) in [5.41, 5.74) is 1.92. The van der Waals surface area contributed by atoms with Gasteiger partial charge in [-0.05, 0) is 44.5 Å². The van der Waals surface area contributed by atoms with E-state index in [2.05, 4.69) is 25.2 Å². The molecular formula is C22H27NO4. The first kappa shape index (κ1) is 19.1. The van der Waals surface area contributed by atoms with Crippen molar-refractivity contribution in [2.75, 3.05) is 19.8 Å². The van der Waals surface area contributed by atoms with Crippen molar-refractivity contribution in [2.24, 2.45) is 0 Å². The van der Waals surface area contributed by atoms with Gasteiger partial charge in [0.2, 0.25) is 5.91 Å². The van der Waals surface area contributed by atoms with Crippen LogP contribution < -0.4 is 19.5 Å². The van der Waals surface area contributed by atoms with Gasteiger partial charge < -0.3 is 19.5 Å². The van der Waals surface area contributed by atoms with Gasteiger partial charge in [-0.1, -0.05) is 24.3 Å². The molecule has 1 aliphatic heterocycles. The van der Waals surface area contributed by atoms with Crippen LogP contribution in [0.15, 0.2) is 42.5 Å². The van der Waals surface area contributed by atoms with E-state index >= 15 is 0 Å². The molecule has 0 bridgehead atoms. The van der Waals surface area contributed by atoms with E-state index < -0.39 is 0 Å². The van der Waals surface area contributed by atoms with Crippen molar-refractivity contribution in [1.82, 2.24) is 5.32 Å². The number of carbonyl (C=O) groups is 1. The summed E-state index contributed by atoms with van der Waals surface area (Å²) < 4.78 is 17.2. The van der Waals surface area contributed by atoms with E-state index in [0.29, 0.717) is 26.2 Å². The molecule has 0 unspecified atom stereocenters. The number of hydrogen-bond donors (Lipinski definition) is 1. The van der Waals surface area contributed by atoms with Crippen LogP contribution in [0.2, 0.25) is 0 Å². The highest BCUT2D eigenvalue weighted by molar-refractivity contribution is 5.78. The van der Waals surface area contributed by atoms with Gasteiger partial charge in [-0.3, -0.25) is 4.79 Å². The van der Waals surface area contributed by atoms with Gasteiger partial charge in [0, 0.05) is 12.0 Å². The number of nitrogens with one attached hydrogen (secondary N) is 1. The molecular weight excluding hydrogens is 342 g/mol. The first-order valence-corrected chi connectivity index (χ1v) is 9.39. The lowest BCUT2D eigenvalue weighted by Crippen LogP contribution is -2.29. The number of hydrogen-bond acceptors (Lipinski definition) is 4. The molecule has 2 aromatic rings. The van der Waals surface area contributed by atoms with E-state index in [0.717, 1.165) is 34.8 Å². The minimum atomic E-state index is -0.201. The molecule has 0 spiro atoms. The first-order chi connectivity index (χ1) is 13.0. The van der Waals surface area contributed by atoms with Gasteiger partial charge in [-0.15, -0.1) is 0 Å². The largest absolute Gasteiger partial charge is 0.494 e. The summed E-state index contributed by atoms with van der Waals surface area (Å²) in [4.78, 5) is 12.1. The molecule has 1 amide bonds. The van der Waals surface area contributed by atoms with Crippen LogP contribution in [0, 0.1) is 0 Å². The molecule has 144 valence electrons. The standard InChI is InChI=1S/C22H27NO4/c1-4-25-18-10-8-16(9-11-18)14-20(24)23-12-13-26-19-7-5-6-17-15-22(2,3)27-21(17)19/h5-11H,4,12-15H2,1-3H3,(H,23,24). The highest BCUT2D eigenvalue weighted by Gasteiger charge is 2.32. The van der Waals surface area contributed by atoms with Crippen molar-refractivity contribution < 1.29 is 19.0 Å². The number of ether oxygens (including phenoxy) is 3. The molecule has 3 rings (SSSR count). The van der Waals surface area contributed by atoms with Crippen molar-refractivity contribution in [1.29, 1.82) is 0 Å². The van der Waals surface area contributed by atoms with Crippen LogP contribution in [-0.4, -0.2) is 31.3 Å². The number of fused-ring (bicyclic) bond motifs is 1. The zero-order valence-corrected chi connectivity index (χ0v) is 16.2. The van der Waals surface area contributed by atoms with E-state index in [-0.39, 0.29) is 11.5 Å². The quantitative estimate of drug-likeness (QED) is 0.723. The van der Waals surface area contributed by atoms with Gasteiger partial charge in [-0.2, -0.15) is 0 Å². The Kier molecular flexibility index (Phi) is 5.89. The fraction of sp³-hybridized carbons (Fsp3) is 0.409. The molecule has 0 saturated carbocycles. The van der Waals surface area contributed by atoms with Gasteiger partial charge in [0.25, 0.3) is 0 Å². The summed E-state index contributed by atoms with van der Waals surface area (Å²) >= 11 is 0. The Bertz CT molecular complexity index is 783. The van der Waals surface area contributed by atoms with Crippen molar-refractivity contribution in [2.45, 2.75) is 39.2 Å². The summed E-state index contributed by atoms with van der Waals surface area (Å²) in [5.74, 6) is 2.34. The predicted octanol–water partition coefficient (Wildman–Crippen LogP) is 3.54. The molecule has 0 saturated heterocycles. The van der Waals surface area contributed by atoms with E-state index in [1.165, 1.54) is 0 Å². The van der Waals surface area contributed by atoms with E-state index in [1.54, 1.807) is 0 Å². The number of benzene rings is 2. The molecule has 0 radical (unpaired) electrons. The molecule has 1 aliphatic rings. The van der Waals surface area contributed by atoms with Crippen LogP contribution in [-0.2, 0) is 17.6 Å². The van der Waals surface area contributed by atoms with Crippen LogP contribution in [0.5, 0.6) is 17.2 Å². The first-order valence-electron chi connectivity index (χ1n) is 9.39. The molecule has 0 aliphatic carbocycles. The monoisotopic (exact) mass is 369 g/mol. The minimum Gasteiger partial charge on any atom is -0.494 e. The Labute approximate surface area is 160 Å². The van der Waals surface area contributed by atoms with Gasteiger partial charge in [-0.25, -0.2) is 0 Å². The molecule has 1 heterocycles. The van der Waals surface area contributed by atoms with E-state index in [4.69, 9.17) is 14.2 Å². The van der Waals surface area contributed by atoms with Gasteiger partial charge in [0.05, 0.1) is 19.6 Å². The van der Waals surface area contributed by atoms with Gasteiger partial charge in [0.1, 0.15) is 18.0 Å². The Hall–Kier alpha value is -2.69. The maximum atomic E-state index is 12.1. The third-order valence-electron chi connectivity index (χ3n) is 4.34. The second kappa shape index (κ2) is 8.33. The lowest BCUT2D eigenvalue weighted by Gasteiger charge is -2.18. The highest BCUT2D eigenvalue weighted by Crippen LogP contribution is 2.41. The zero-order chi connectivity index (χ0) is 19.3. The Morgan fingerprint density at radius 1 is 1.15 bits per heavy atom. The summed E-state index contributed by atoms with van der Waals surface area (Å²) in [6, 6.07) is 13.5. The van der Waals surface area contributed by atoms with E-state index in [9.17, 15) is 4.79 Å². The van der Waals surface area contributed by atoms with Crippen molar-refractivity contribution in [3.05, 3.63) is 53.6 Å². The average molecular weight is 369 g/mol. The second-order valence-corrected chi connectivity index (χ2v) is 7.24. The molecule has 5 heteroatoms. The number of amides is 1. The van der Waals surface area contributed by atoms with Gasteiger partial charge in [0.15, 0.2) is 11.5 Å². The molecule has 0 fully saturated rings. The summed E-state index contributed by atoms with van der Waals surface area (Å²) in [7, 11) is 0. The van der Waals surface area contributed by atoms with Gasteiger partial charge >= 0.3 is 0 Å². The number of carbonyl (C=O) groups excluding carboxylic acids is 1. The maximum absolute atomic E-state index is 12.1. The predicted molar refractivity (Wildman–Crippen MR) is 105 cm³/mol. The van der Waals surface area contributed by atoms with Crippen LogP contribution in [0.25, 0.3) is 0 Å². The van der Waals surface area contributed by atoms with Crippen LogP contribution in [0.4, 0.5) is 0 Å². The Morgan fingerprint density at radius 3 is 2.67 bits per heavy atom. The molecule has 5 nitrogen and oxygen atoms in total. The van der Waals surface area contributed by atoms with E-state index in [1.807, 2.05) is 43.3 Å². The van der Waals surface area contributed by atoms with Crippen LogP contribution in [0.3, 0.4) is 0 Å². The fourth-order valence-electron chi connectivity index (χ4n) is 3.17. The second-order valence-electron chi connectivity index (χ2n) is 7.24. The van der Waals surface area contributed by atoms with Crippen LogP contribution in [0.1, 0.15) is 31.9 Å². The summed E-state index contributed by atoms with van der Waals surface area (Å²) in [6.07, 6.45) is 1.21. The molecule has 1 N–H and O–H groups in total. The third kappa shape index (κ3) is 5.16. The lowest BCUT2D eigenvalue weighted by molar-refractivity contribution is -0.120. The topological polar surface area (TPSA) is 56.8 Å². The third-order valence-corrected chi connectivity index (χ3v) is 4.34. The lowest BCUT2D eigenvalue weighted by atomic mass is 10.0. The summed E-state index contributed by atoms with van der Waals surface area (Å²) in [5, 5.41) is 2.89. The smallest absolute Gasteiger partial charge is 0.224 e. The normalized spacial score (nSPS) is 14.2. The number of rotatable bonds is 8. The molecule has 0 atom stereocenters. The van der Waals surface area contributed by atoms with Crippen LogP contribution >= 0.6 is 0 Å². The molecule has 2 aromatic carbocycles. The molecule has 0 aromatic heterocycles. The van der Waals surface area contributed by atoms with Crippen molar-refractivity contribution >= 4 is 5.91 Å². The minimum absolute atomic E-state index is 0.0292. The molecule has 27 heavy (non-hydrogen) atoms. The Morgan fingerprint density at radius 2 is 1.93 bits per heavy atom. The van der Waals surface area contributed by atoms with Crippen molar-refractivity contribution in [3.63, 3.8) is 0 Å².